The van der Waals surface area contributed by atoms with Gasteiger partial charge in [0.25, 0.3) is 5.56 Å². The van der Waals surface area contributed by atoms with E-state index in [-0.39, 0.29) is 35.1 Å². The third-order valence-corrected chi connectivity index (χ3v) is 5.16. The minimum absolute atomic E-state index is 0.0144. The summed E-state index contributed by atoms with van der Waals surface area (Å²) in [7, 11) is 0. The van der Waals surface area contributed by atoms with Crippen molar-refractivity contribution in [1.82, 2.24) is 9.97 Å². The van der Waals surface area contributed by atoms with Crippen molar-refractivity contribution < 1.29 is 5.11 Å². The Bertz CT molecular complexity index is 1200. The number of aliphatic hydroxyl groups excluding tert-OH is 1. The van der Waals surface area contributed by atoms with Crippen LogP contribution in [0.2, 0.25) is 0 Å². The fourth-order valence-corrected chi connectivity index (χ4v) is 3.63. The average molecular weight is 425 g/mol. The monoisotopic (exact) mass is 424 g/mol. The summed E-state index contributed by atoms with van der Waals surface area (Å²) >= 11 is 3.35. The van der Waals surface area contributed by atoms with Crippen LogP contribution >= 0.6 is 15.9 Å². The molecule has 0 aliphatic carbocycles. The van der Waals surface area contributed by atoms with E-state index in [2.05, 4.69) is 25.9 Å². The first-order valence-corrected chi connectivity index (χ1v) is 9.20. The van der Waals surface area contributed by atoms with Gasteiger partial charge in [-0.1, -0.05) is 28.1 Å². The van der Waals surface area contributed by atoms with Gasteiger partial charge in [-0.2, -0.15) is 0 Å². The van der Waals surface area contributed by atoms with E-state index >= 15 is 0 Å². The summed E-state index contributed by atoms with van der Waals surface area (Å²) < 4.78 is 0.784. The number of benzene rings is 2. The number of halogens is 1. The van der Waals surface area contributed by atoms with E-state index in [0.29, 0.717) is 10.9 Å². The minimum Gasteiger partial charge on any atom is -0.509 e. The lowest BCUT2D eigenvalue weighted by atomic mass is 10.1. The molecule has 3 N–H and O–H groups in total. The summed E-state index contributed by atoms with van der Waals surface area (Å²) in [6.07, 6.45) is 0. The van der Waals surface area contributed by atoms with Gasteiger partial charge in [0.05, 0.1) is 23.0 Å². The molecular weight excluding hydrogens is 408 g/mol. The van der Waals surface area contributed by atoms with E-state index in [1.54, 1.807) is 23.1 Å². The van der Waals surface area contributed by atoms with Crippen molar-refractivity contribution in [3.05, 3.63) is 73.9 Å². The molecule has 2 aromatic carbocycles. The van der Waals surface area contributed by atoms with Crippen molar-refractivity contribution in [3.63, 3.8) is 0 Å². The van der Waals surface area contributed by atoms with E-state index in [9.17, 15) is 9.90 Å². The Balaban J connectivity index is 1.81. The second-order valence-corrected chi connectivity index (χ2v) is 7.54. The fraction of sp³-hybridized carbons (Fsp3) is 0.150. The van der Waals surface area contributed by atoms with Gasteiger partial charge in [-0.25, -0.2) is 4.98 Å². The predicted molar refractivity (Wildman–Crippen MR) is 111 cm³/mol. The van der Waals surface area contributed by atoms with Crippen LogP contribution < -0.4 is 10.5 Å². The van der Waals surface area contributed by atoms with Gasteiger partial charge in [-0.15, -0.1) is 0 Å². The van der Waals surface area contributed by atoms with Crippen LogP contribution in [0, 0.1) is 19.3 Å². The normalized spacial score (nSPS) is 14.5. The maximum absolute atomic E-state index is 12.5. The molecule has 6 nitrogen and oxygen atoms in total. The Hall–Kier alpha value is -2.93. The van der Waals surface area contributed by atoms with Crippen LogP contribution in [0.5, 0.6) is 0 Å². The van der Waals surface area contributed by atoms with Gasteiger partial charge in [0, 0.05) is 10.2 Å². The van der Waals surface area contributed by atoms with Gasteiger partial charge in [-0.05, 0) is 49.2 Å². The van der Waals surface area contributed by atoms with Crippen LogP contribution in [-0.4, -0.2) is 27.5 Å². The van der Waals surface area contributed by atoms with E-state index in [1.165, 1.54) is 0 Å². The lowest BCUT2D eigenvalue weighted by molar-refractivity contribution is 0.411. The highest BCUT2D eigenvalue weighted by atomic mass is 79.9. The number of anilines is 1. The molecule has 2 heterocycles. The molecule has 0 atom stereocenters. The van der Waals surface area contributed by atoms with Gasteiger partial charge in [0.1, 0.15) is 17.4 Å². The number of aromatic amines is 1. The van der Waals surface area contributed by atoms with Gasteiger partial charge >= 0.3 is 0 Å². The number of hydrogen-bond acceptors (Lipinski definition) is 4. The molecule has 7 heteroatoms. The summed E-state index contributed by atoms with van der Waals surface area (Å²) in [5.41, 5.74) is 3.37. The molecular formula is C20H17BrN4O2. The number of hydrogen-bond donors (Lipinski definition) is 3. The lowest BCUT2D eigenvalue weighted by Crippen LogP contribution is -2.27. The summed E-state index contributed by atoms with van der Waals surface area (Å²) in [6, 6.07) is 11.2. The van der Waals surface area contributed by atoms with E-state index in [4.69, 9.17) is 5.41 Å². The fourth-order valence-electron chi connectivity index (χ4n) is 3.27. The Morgan fingerprint density at radius 2 is 2.00 bits per heavy atom. The molecule has 1 aliphatic heterocycles. The first-order valence-electron chi connectivity index (χ1n) is 8.41. The largest absolute Gasteiger partial charge is 0.509 e. The second kappa shape index (κ2) is 6.35. The second-order valence-electron chi connectivity index (χ2n) is 6.62. The van der Waals surface area contributed by atoms with Gasteiger partial charge in [0.15, 0.2) is 0 Å². The zero-order chi connectivity index (χ0) is 19.3. The first-order chi connectivity index (χ1) is 12.8. The number of aliphatic hydroxyl groups is 1. The smallest absolute Gasteiger partial charge is 0.259 e. The van der Waals surface area contributed by atoms with Crippen molar-refractivity contribution in [2.75, 3.05) is 11.4 Å². The maximum Gasteiger partial charge on any atom is 0.259 e. The molecule has 1 aliphatic rings. The molecule has 0 unspecified atom stereocenters. The quantitative estimate of drug-likeness (QED) is 0.577. The molecule has 3 aromatic rings. The Labute approximate surface area is 163 Å². The van der Waals surface area contributed by atoms with Crippen molar-refractivity contribution in [1.29, 1.82) is 5.41 Å². The molecule has 0 saturated carbocycles. The molecule has 136 valence electrons. The molecule has 27 heavy (non-hydrogen) atoms. The van der Waals surface area contributed by atoms with Gasteiger partial charge < -0.3 is 15.0 Å². The van der Waals surface area contributed by atoms with E-state index in [0.717, 1.165) is 21.3 Å². The van der Waals surface area contributed by atoms with E-state index < -0.39 is 0 Å². The van der Waals surface area contributed by atoms with Crippen molar-refractivity contribution in [2.24, 2.45) is 0 Å². The molecule has 0 bridgehead atoms. The number of rotatable bonds is 2. The number of nitrogens with one attached hydrogen (secondary N) is 2. The van der Waals surface area contributed by atoms with Gasteiger partial charge in [-0.3, -0.25) is 10.2 Å². The molecule has 0 fully saturated rings. The van der Waals surface area contributed by atoms with Crippen LogP contribution in [0.15, 0.2) is 51.4 Å². The number of aryl methyl sites for hydroxylation is 2. The van der Waals surface area contributed by atoms with Gasteiger partial charge in [0.2, 0.25) is 0 Å². The zero-order valence-electron chi connectivity index (χ0n) is 14.8. The van der Waals surface area contributed by atoms with Crippen LogP contribution in [-0.2, 0) is 0 Å². The van der Waals surface area contributed by atoms with Crippen molar-refractivity contribution in [3.8, 4) is 0 Å². The number of H-pyrrole nitrogens is 1. The minimum atomic E-state index is -0.311. The number of amidine groups is 1. The highest BCUT2D eigenvalue weighted by Gasteiger charge is 2.31. The van der Waals surface area contributed by atoms with Crippen molar-refractivity contribution in [2.45, 2.75) is 13.8 Å². The topological polar surface area (TPSA) is 93.1 Å². The Morgan fingerprint density at radius 3 is 2.78 bits per heavy atom. The summed E-state index contributed by atoms with van der Waals surface area (Å²) in [4.78, 5) is 21.4. The Morgan fingerprint density at radius 1 is 1.22 bits per heavy atom. The van der Waals surface area contributed by atoms with E-state index in [1.807, 2.05) is 32.0 Å². The van der Waals surface area contributed by atoms with Crippen LogP contribution in [0.3, 0.4) is 0 Å². The Kier molecular flexibility index (Phi) is 4.11. The number of fused-ring (bicyclic) bond motifs is 1. The SMILES string of the molecule is Cc1ccc(C)c(N2CC(O)=C(c3nc4ccc(Br)cc4c(=O)[nH]3)C2=N)c1. The average Bonchev–Trinajstić information content (AvgIpc) is 2.92. The lowest BCUT2D eigenvalue weighted by Gasteiger charge is -2.21. The number of aromatic nitrogens is 2. The zero-order valence-corrected chi connectivity index (χ0v) is 16.4. The molecule has 0 amide bonds. The van der Waals surface area contributed by atoms with Crippen LogP contribution in [0.1, 0.15) is 17.0 Å². The summed E-state index contributed by atoms with van der Waals surface area (Å²) in [5, 5.41) is 19.6. The molecule has 0 saturated heterocycles. The standard InChI is InChI=1S/C20H17BrN4O2/c1-10-3-4-11(2)15(7-10)25-9-16(26)17(18(25)22)19-23-14-6-5-12(21)8-13(14)20(27)24-19/h3-8,22,26H,9H2,1-2H3,(H,23,24,27). The summed E-state index contributed by atoms with van der Waals surface area (Å²) in [5.74, 6) is 0.325. The highest BCUT2D eigenvalue weighted by Crippen LogP contribution is 2.32. The third kappa shape index (κ3) is 2.94. The molecule has 1 aromatic heterocycles. The predicted octanol–water partition coefficient (Wildman–Crippen LogP) is 4.07. The first kappa shape index (κ1) is 17.5. The maximum atomic E-state index is 12.5. The summed E-state index contributed by atoms with van der Waals surface area (Å²) in [6.45, 7) is 4.11. The molecule has 0 radical (unpaired) electrons. The highest BCUT2D eigenvalue weighted by molar-refractivity contribution is 9.10. The molecule has 4 rings (SSSR count). The number of nitrogens with zero attached hydrogens (tertiary/aromatic N) is 2. The third-order valence-electron chi connectivity index (χ3n) is 4.66. The van der Waals surface area contributed by atoms with Crippen LogP contribution in [0.25, 0.3) is 16.5 Å². The molecule has 0 spiro atoms. The van der Waals surface area contributed by atoms with Crippen molar-refractivity contribution >= 4 is 43.9 Å². The van der Waals surface area contributed by atoms with Crippen LogP contribution in [0.4, 0.5) is 5.69 Å².